The lowest BCUT2D eigenvalue weighted by molar-refractivity contribution is -0.126. The third kappa shape index (κ3) is 3.52. The van der Waals surface area contributed by atoms with Crippen LogP contribution in [-0.4, -0.2) is 51.9 Å². The maximum Gasteiger partial charge on any atom is 0.242 e. The molecule has 2 heterocycles. The number of nitrogens with zero attached hydrogens (tertiary/aromatic N) is 5. The van der Waals surface area contributed by atoms with Crippen molar-refractivity contribution in [2.24, 2.45) is 0 Å². The molecule has 28 heavy (non-hydrogen) atoms. The molecule has 1 N–H and O–H groups in total. The predicted octanol–water partition coefficient (Wildman–Crippen LogP) is 1.31. The van der Waals surface area contributed by atoms with E-state index in [1.807, 2.05) is 67.5 Å². The molecule has 1 aliphatic heterocycles. The molecule has 0 aliphatic carbocycles. The standard InChI is InChI=1S/C19H20N6O3/c1-24(2)18(13-8-9-15-16(10-13)28-12-27-15)19(26)20-11-17-21-22-23-25(17)14-6-4-3-5-7-14/h3-10,18H,11-12H2,1-2H3,(H,20,26)/t18-/m0/s1. The first-order chi connectivity index (χ1) is 13.6. The zero-order chi connectivity index (χ0) is 19.5. The number of carbonyl (C=O) groups excluding carboxylic acids is 1. The van der Waals surface area contributed by atoms with Crippen LogP contribution >= 0.6 is 0 Å². The van der Waals surface area contributed by atoms with Gasteiger partial charge in [0.15, 0.2) is 17.3 Å². The number of amides is 1. The zero-order valence-electron chi connectivity index (χ0n) is 15.6. The number of para-hydroxylation sites is 1. The van der Waals surface area contributed by atoms with E-state index >= 15 is 0 Å². The number of hydrogen-bond acceptors (Lipinski definition) is 7. The summed E-state index contributed by atoms with van der Waals surface area (Å²) in [5.41, 5.74) is 1.64. The molecule has 1 aromatic heterocycles. The summed E-state index contributed by atoms with van der Waals surface area (Å²) >= 11 is 0. The molecule has 3 aromatic rings. The summed E-state index contributed by atoms with van der Waals surface area (Å²) in [5.74, 6) is 1.71. The van der Waals surface area contributed by atoms with Gasteiger partial charge in [0, 0.05) is 0 Å². The molecular formula is C19H20N6O3. The van der Waals surface area contributed by atoms with Gasteiger partial charge < -0.3 is 14.8 Å². The number of benzene rings is 2. The second-order valence-electron chi connectivity index (χ2n) is 6.54. The topological polar surface area (TPSA) is 94.4 Å². The molecule has 0 unspecified atom stereocenters. The Bertz CT molecular complexity index is 973. The molecule has 0 fully saturated rings. The average Bonchev–Trinajstić information content (AvgIpc) is 3.35. The fraction of sp³-hybridized carbons (Fsp3) is 0.263. The van der Waals surface area contributed by atoms with E-state index in [-0.39, 0.29) is 19.2 Å². The highest BCUT2D eigenvalue weighted by molar-refractivity contribution is 5.83. The van der Waals surface area contributed by atoms with Crippen LogP contribution in [0.3, 0.4) is 0 Å². The van der Waals surface area contributed by atoms with E-state index in [2.05, 4.69) is 20.8 Å². The highest BCUT2D eigenvalue weighted by Crippen LogP contribution is 2.35. The van der Waals surface area contributed by atoms with Gasteiger partial charge in [0.2, 0.25) is 12.7 Å². The molecule has 1 aliphatic rings. The quantitative estimate of drug-likeness (QED) is 0.689. The van der Waals surface area contributed by atoms with Crippen molar-refractivity contribution < 1.29 is 14.3 Å². The lowest BCUT2D eigenvalue weighted by Crippen LogP contribution is -2.37. The van der Waals surface area contributed by atoms with Crippen molar-refractivity contribution in [2.45, 2.75) is 12.6 Å². The number of fused-ring (bicyclic) bond motifs is 1. The first-order valence-corrected chi connectivity index (χ1v) is 8.80. The minimum atomic E-state index is -0.490. The van der Waals surface area contributed by atoms with E-state index in [0.29, 0.717) is 17.3 Å². The van der Waals surface area contributed by atoms with Crippen LogP contribution in [-0.2, 0) is 11.3 Å². The van der Waals surface area contributed by atoms with Crippen molar-refractivity contribution in [2.75, 3.05) is 20.9 Å². The summed E-state index contributed by atoms with van der Waals surface area (Å²) in [6.45, 7) is 0.398. The van der Waals surface area contributed by atoms with E-state index in [1.54, 1.807) is 4.68 Å². The van der Waals surface area contributed by atoms with Crippen LogP contribution < -0.4 is 14.8 Å². The van der Waals surface area contributed by atoms with E-state index in [4.69, 9.17) is 9.47 Å². The summed E-state index contributed by atoms with van der Waals surface area (Å²) in [4.78, 5) is 14.8. The second kappa shape index (κ2) is 7.65. The normalized spacial score (nSPS) is 13.5. The monoisotopic (exact) mass is 380 g/mol. The van der Waals surface area contributed by atoms with E-state index in [0.717, 1.165) is 11.3 Å². The van der Waals surface area contributed by atoms with Gasteiger partial charge >= 0.3 is 0 Å². The maximum absolute atomic E-state index is 12.9. The van der Waals surface area contributed by atoms with Crippen LogP contribution in [0.4, 0.5) is 0 Å². The minimum absolute atomic E-state index is 0.161. The van der Waals surface area contributed by atoms with Crippen LogP contribution in [0, 0.1) is 0 Å². The summed E-state index contributed by atoms with van der Waals surface area (Å²) in [5, 5.41) is 14.7. The van der Waals surface area contributed by atoms with Crippen LogP contribution in [0.25, 0.3) is 5.69 Å². The van der Waals surface area contributed by atoms with Crippen LogP contribution in [0.5, 0.6) is 11.5 Å². The molecule has 1 amide bonds. The van der Waals surface area contributed by atoms with Gasteiger partial charge in [-0.05, 0) is 54.4 Å². The SMILES string of the molecule is CN(C)[C@H](C(=O)NCc1nnnn1-c1ccccc1)c1ccc2c(c1)OCO2. The highest BCUT2D eigenvalue weighted by Gasteiger charge is 2.26. The smallest absolute Gasteiger partial charge is 0.242 e. The molecule has 0 saturated heterocycles. The van der Waals surface area contributed by atoms with Gasteiger partial charge in [-0.25, -0.2) is 0 Å². The van der Waals surface area contributed by atoms with Crippen molar-refractivity contribution in [1.82, 2.24) is 30.4 Å². The lowest BCUT2D eigenvalue weighted by Gasteiger charge is -2.24. The molecule has 0 radical (unpaired) electrons. The molecule has 1 atom stereocenters. The second-order valence-corrected chi connectivity index (χ2v) is 6.54. The van der Waals surface area contributed by atoms with Crippen molar-refractivity contribution in [3.8, 4) is 17.2 Å². The van der Waals surface area contributed by atoms with Gasteiger partial charge in [-0.2, -0.15) is 4.68 Å². The van der Waals surface area contributed by atoms with Gasteiger partial charge in [-0.1, -0.05) is 24.3 Å². The Hall–Kier alpha value is -3.46. The summed E-state index contributed by atoms with van der Waals surface area (Å²) < 4.78 is 12.4. The van der Waals surface area contributed by atoms with Gasteiger partial charge in [0.05, 0.1) is 12.2 Å². The number of likely N-dealkylation sites (N-methyl/N-ethyl adjacent to an activating group) is 1. The third-order valence-electron chi connectivity index (χ3n) is 4.43. The maximum atomic E-state index is 12.9. The Morgan fingerprint density at radius 3 is 2.75 bits per heavy atom. The van der Waals surface area contributed by atoms with Crippen molar-refractivity contribution in [1.29, 1.82) is 0 Å². The molecule has 0 saturated carbocycles. The molecule has 9 heteroatoms. The van der Waals surface area contributed by atoms with Crippen LogP contribution in [0.1, 0.15) is 17.4 Å². The molecule has 9 nitrogen and oxygen atoms in total. The average molecular weight is 380 g/mol. The predicted molar refractivity (Wildman–Crippen MR) is 100.0 cm³/mol. The highest BCUT2D eigenvalue weighted by atomic mass is 16.7. The molecule has 0 spiro atoms. The number of hydrogen-bond donors (Lipinski definition) is 1. The summed E-state index contributed by atoms with van der Waals surface area (Å²) in [7, 11) is 3.70. The molecular weight excluding hydrogens is 360 g/mol. The lowest BCUT2D eigenvalue weighted by atomic mass is 10.0. The van der Waals surface area contributed by atoms with E-state index in [9.17, 15) is 4.79 Å². The number of tetrazole rings is 1. The van der Waals surface area contributed by atoms with Gasteiger partial charge in [0.1, 0.15) is 6.04 Å². The number of rotatable bonds is 6. The first kappa shape index (κ1) is 17.9. The number of aromatic nitrogens is 4. The first-order valence-electron chi connectivity index (χ1n) is 8.80. The zero-order valence-corrected chi connectivity index (χ0v) is 15.6. The van der Waals surface area contributed by atoms with E-state index < -0.39 is 6.04 Å². The van der Waals surface area contributed by atoms with Gasteiger partial charge in [-0.3, -0.25) is 9.69 Å². The van der Waals surface area contributed by atoms with Gasteiger partial charge in [0.25, 0.3) is 0 Å². The minimum Gasteiger partial charge on any atom is -0.454 e. The Morgan fingerprint density at radius 1 is 1.18 bits per heavy atom. The fourth-order valence-electron chi connectivity index (χ4n) is 3.12. The Labute approximate surface area is 161 Å². The van der Waals surface area contributed by atoms with Crippen molar-refractivity contribution >= 4 is 5.91 Å². The van der Waals surface area contributed by atoms with Crippen molar-refractivity contribution in [3.05, 3.63) is 59.9 Å². The fourth-order valence-corrected chi connectivity index (χ4v) is 3.12. The summed E-state index contributed by atoms with van der Waals surface area (Å²) in [6.07, 6.45) is 0. The molecule has 144 valence electrons. The number of carbonyl (C=O) groups is 1. The number of ether oxygens (including phenoxy) is 2. The van der Waals surface area contributed by atoms with Gasteiger partial charge in [-0.15, -0.1) is 5.10 Å². The Balaban J connectivity index is 1.50. The van der Waals surface area contributed by atoms with E-state index in [1.165, 1.54) is 0 Å². The summed E-state index contributed by atoms with van der Waals surface area (Å²) in [6, 6.07) is 14.6. The Morgan fingerprint density at radius 2 is 1.96 bits per heavy atom. The van der Waals surface area contributed by atoms with Crippen molar-refractivity contribution in [3.63, 3.8) is 0 Å². The molecule has 0 bridgehead atoms. The Kier molecular flexibility index (Phi) is 4.90. The van der Waals surface area contributed by atoms with Crippen LogP contribution in [0.2, 0.25) is 0 Å². The number of nitrogens with one attached hydrogen (secondary N) is 1. The molecule has 2 aromatic carbocycles. The molecule has 4 rings (SSSR count). The third-order valence-corrected chi connectivity index (χ3v) is 4.43. The van der Waals surface area contributed by atoms with Crippen LogP contribution in [0.15, 0.2) is 48.5 Å². The largest absolute Gasteiger partial charge is 0.454 e.